The van der Waals surface area contributed by atoms with Crippen LogP contribution in [0.3, 0.4) is 0 Å². The number of hydrogen-bond donors (Lipinski definition) is 1. The van der Waals surface area contributed by atoms with Crippen molar-refractivity contribution in [3.63, 3.8) is 0 Å². The van der Waals surface area contributed by atoms with E-state index in [2.05, 4.69) is 10.3 Å². The highest BCUT2D eigenvalue weighted by molar-refractivity contribution is 5.51. The zero-order valence-electron chi connectivity index (χ0n) is 11.4. The maximum atomic E-state index is 10.8. The predicted octanol–water partition coefficient (Wildman–Crippen LogP) is 1.44. The van der Waals surface area contributed by atoms with Crippen LogP contribution in [0.1, 0.15) is 25.0 Å². The van der Waals surface area contributed by atoms with E-state index in [9.17, 15) is 10.1 Å². The van der Waals surface area contributed by atoms with Gasteiger partial charge >= 0.3 is 5.69 Å². The van der Waals surface area contributed by atoms with Gasteiger partial charge in [-0.3, -0.25) is 10.1 Å². The van der Waals surface area contributed by atoms with Gasteiger partial charge in [-0.1, -0.05) is 0 Å². The molecule has 1 N–H and O–H groups in total. The fourth-order valence-corrected chi connectivity index (χ4v) is 2.44. The first-order chi connectivity index (χ1) is 9.63. The molecule has 0 saturated carbocycles. The molecule has 0 amide bonds. The maximum Gasteiger partial charge on any atom is 0.305 e. The van der Waals surface area contributed by atoms with Crippen molar-refractivity contribution in [2.24, 2.45) is 0 Å². The second kappa shape index (κ2) is 6.30. The molecule has 0 radical (unpaired) electrons. The van der Waals surface area contributed by atoms with Gasteiger partial charge in [0.15, 0.2) is 0 Å². The number of pyridine rings is 1. The van der Waals surface area contributed by atoms with E-state index in [1.807, 2.05) is 11.9 Å². The number of nitro groups is 1. The van der Waals surface area contributed by atoms with Gasteiger partial charge in [-0.05, 0) is 38.4 Å². The predicted molar refractivity (Wildman–Crippen MR) is 74.5 cm³/mol. The molecule has 1 aromatic rings. The van der Waals surface area contributed by atoms with Gasteiger partial charge in [-0.2, -0.15) is 5.26 Å². The Morgan fingerprint density at radius 3 is 3.00 bits per heavy atom. The molecule has 2 heterocycles. The first-order valence-electron chi connectivity index (χ1n) is 6.62. The van der Waals surface area contributed by atoms with Gasteiger partial charge in [0.25, 0.3) is 0 Å². The lowest BCUT2D eigenvalue weighted by Gasteiger charge is -2.28. The number of nitrogens with zero attached hydrogens (tertiary/aromatic N) is 4. The van der Waals surface area contributed by atoms with Crippen molar-refractivity contribution in [2.45, 2.75) is 25.3 Å². The fourth-order valence-electron chi connectivity index (χ4n) is 2.44. The van der Waals surface area contributed by atoms with Crippen molar-refractivity contribution in [2.75, 3.05) is 25.0 Å². The summed E-state index contributed by atoms with van der Waals surface area (Å²) in [6.45, 7) is 1.97. The molecule has 1 fully saturated rings. The molecule has 2 rings (SSSR count). The van der Waals surface area contributed by atoms with Crippen LogP contribution in [0.15, 0.2) is 12.1 Å². The van der Waals surface area contributed by atoms with Crippen LogP contribution in [-0.2, 0) is 0 Å². The van der Waals surface area contributed by atoms with Crippen molar-refractivity contribution in [1.29, 1.82) is 5.26 Å². The summed E-state index contributed by atoms with van der Waals surface area (Å²) in [5.74, 6) is 0.610. The monoisotopic (exact) mass is 275 g/mol. The third kappa shape index (κ3) is 3.03. The van der Waals surface area contributed by atoms with E-state index in [4.69, 9.17) is 5.26 Å². The molecule has 20 heavy (non-hydrogen) atoms. The largest absolute Gasteiger partial charge is 0.357 e. The average molecular weight is 275 g/mol. The lowest BCUT2D eigenvalue weighted by Crippen LogP contribution is -2.33. The minimum absolute atomic E-state index is 0.133. The summed E-state index contributed by atoms with van der Waals surface area (Å²) < 4.78 is 0. The second-order valence-corrected chi connectivity index (χ2v) is 4.85. The molecule has 1 unspecified atom stereocenters. The Balaban J connectivity index is 2.23. The minimum atomic E-state index is -0.578. The van der Waals surface area contributed by atoms with Crippen molar-refractivity contribution in [3.8, 4) is 6.07 Å². The summed E-state index contributed by atoms with van der Waals surface area (Å²) in [5, 5.41) is 23.1. The van der Waals surface area contributed by atoms with E-state index in [0.29, 0.717) is 11.9 Å². The van der Waals surface area contributed by atoms with Crippen LogP contribution in [0, 0.1) is 21.4 Å². The van der Waals surface area contributed by atoms with Crippen LogP contribution in [0.25, 0.3) is 0 Å². The molecule has 0 bridgehead atoms. The standard InChI is InChI=1S/C13H17N5O2/c1-17(10-3-2-7-15-8-6-10)13-5-4-12(18(19)20)11(9-14)16-13/h4-5,10,15H,2-3,6-8H2,1H3. The molecule has 7 nitrogen and oxygen atoms in total. The van der Waals surface area contributed by atoms with Gasteiger partial charge in [-0.15, -0.1) is 0 Å². The van der Waals surface area contributed by atoms with Crippen LogP contribution >= 0.6 is 0 Å². The number of anilines is 1. The number of aromatic nitrogens is 1. The lowest BCUT2D eigenvalue weighted by atomic mass is 10.1. The molecule has 0 aliphatic carbocycles. The Kier molecular flexibility index (Phi) is 4.48. The quantitative estimate of drug-likeness (QED) is 0.662. The van der Waals surface area contributed by atoms with Crippen LogP contribution in [0.2, 0.25) is 0 Å². The number of hydrogen-bond acceptors (Lipinski definition) is 6. The van der Waals surface area contributed by atoms with Crippen molar-refractivity contribution in [3.05, 3.63) is 27.9 Å². The summed E-state index contributed by atoms with van der Waals surface area (Å²) in [5.41, 5.74) is -0.377. The van der Waals surface area contributed by atoms with Crippen LogP contribution in [0.4, 0.5) is 11.5 Å². The Hall–Kier alpha value is -2.20. The molecule has 0 aromatic carbocycles. The van der Waals surface area contributed by atoms with Gasteiger partial charge < -0.3 is 10.2 Å². The van der Waals surface area contributed by atoms with E-state index in [1.54, 1.807) is 12.1 Å². The first-order valence-corrected chi connectivity index (χ1v) is 6.62. The molecule has 1 aliphatic heterocycles. The summed E-state index contributed by atoms with van der Waals surface area (Å²) in [6.07, 6.45) is 3.13. The van der Waals surface area contributed by atoms with Gasteiger partial charge in [-0.25, -0.2) is 4.98 Å². The highest BCUT2D eigenvalue weighted by atomic mass is 16.6. The van der Waals surface area contributed by atoms with Gasteiger partial charge in [0, 0.05) is 19.2 Å². The third-order valence-corrected chi connectivity index (χ3v) is 3.62. The molecule has 106 valence electrons. The topological polar surface area (TPSA) is 95.1 Å². The smallest absolute Gasteiger partial charge is 0.305 e. The first kappa shape index (κ1) is 14.2. The van der Waals surface area contributed by atoms with Gasteiger partial charge in [0.05, 0.1) is 4.92 Å². The zero-order valence-corrected chi connectivity index (χ0v) is 11.4. The summed E-state index contributed by atoms with van der Waals surface area (Å²) in [6, 6.07) is 5.10. The average Bonchev–Trinajstić information content (AvgIpc) is 2.74. The fraction of sp³-hybridized carbons (Fsp3) is 0.538. The van der Waals surface area contributed by atoms with Crippen LogP contribution in [0.5, 0.6) is 0 Å². The molecule has 1 atom stereocenters. The van der Waals surface area contributed by atoms with E-state index in [-0.39, 0.29) is 11.4 Å². The Morgan fingerprint density at radius 1 is 1.50 bits per heavy atom. The zero-order chi connectivity index (χ0) is 14.5. The minimum Gasteiger partial charge on any atom is -0.357 e. The van der Waals surface area contributed by atoms with E-state index < -0.39 is 4.92 Å². The van der Waals surface area contributed by atoms with Gasteiger partial charge in [0.1, 0.15) is 11.9 Å². The van der Waals surface area contributed by atoms with Crippen LogP contribution in [-0.4, -0.2) is 36.1 Å². The summed E-state index contributed by atoms with van der Waals surface area (Å²) in [7, 11) is 1.92. The molecule has 1 aliphatic rings. The molecule has 0 spiro atoms. The summed E-state index contributed by atoms with van der Waals surface area (Å²) in [4.78, 5) is 16.4. The molecule has 1 saturated heterocycles. The molecule has 1 aromatic heterocycles. The van der Waals surface area contributed by atoms with E-state index in [0.717, 1.165) is 32.4 Å². The molecular formula is C13H17N5O2. The van der Waals surface area contributed by atoms with Crippen molar-refractivity contribution >= 4 is 11.5 Å². The van der Waals surface area contributed by atoms with Crippen molar-refractivity contribution < 1.29 is 4.92 Å². The van der Waals surface area contributed by atoms with Gasteiger partial charge in [0.2, 0.25) is 5.69 Å². The number of nitriles is 1. The van der Waals surface area contributed by atoms with Crippen LogP contribution < -0.4 is 10.2 Å². The Bertz CT molecular complexity index is 532. The highest BCUT2D eigenvalue weighted by Crippen LogP contribution is 2.23. The second-order valence-electron chi connectivity index (χ2n) is 4.85. The SMILES string of the molecule is CN(c1ccc([N+](=O)[O-])c(C#N)n1)C1CCCNCC1. The third-order valence-electron chi connectivity index (χ3n) is 3.62. The normalized spacial score (nSPS) is 18.9. The number of nitrogens with one attached hydrogen (secondary N) is 1. The summed E-state index contributed by atoms with van der Waals surface area (Å²) >= 11 is 0. The van der Waals surface area contributed by atoms with E-state index >= 15 is 0 Å². The Morgan fingerprint density at radius 2 is 2.30 bits per heavy atom. The molecular weight excluding hydrogens is 258 g/mol. The van der Waals surface area contributed by atoms with E-state index in [1.165, 1.54) is 6.07 Å². The Labute approximate surface area is 117 Å². The molecule has 7 heteroatoms. The highest BCUT2D eigenvalue weighted by Gasteiger charge is 2.21. The number of rotatable bonds is 3. The van der Waals surface area contributed by atoms with Crippen molar-refractivity contribution in [1.82, 2.24) is 10.3 Å². The maximum absolute atomic E-state index is 10.8. The lowest BCUT2D eigenvalue weighted by molar-refractivity contribution is -0.385.